The minimum atomic E-state index is -3.20. The van der Waals surface area contributed by atoms with Crippen LogP contribution in [-0.4, -0.2) is 15.0 Å². The molecule has 1 rings (SSSR count). The highest BCUT2D eigenvalue weighted by Crippen LogP contribution is 2.07. The summed E-state index contributed by atoms with van der Waals surface area (Å²) in [4.78, 5) is 0. The van der Waals surface area contributed by atoms with Crippen molar-refractivity contribution in [1.82, 2.24) is 4.72 Å². The van der Waals surface area contributed by atoms with E-state index in [-0.39, 0.29) is 5.75 Å². The first-order valence-electron chi connectivity index (χ1n) is 4.82. The van der Waals surface area contributed by atoms with Crippen molar-refractivity contribution < 1.29 is 8.42 Å². The van der Waals surface area contributed by atoms with Gasteiger partial charge in [-0.3, -0.25) is 0 Å². The third-order valence-electron chi connectivity index (χ3n) is 1.95. The molecule has 0 aliphatic carbocycles. The number of nitrogens with two attached hydrogens (primary N) is 1. The van der Waals surface area contributed by atoms with Crippen molar-refractivity contribution in [3.63, 3.8) is 0 Å². The van der Waals surface area contributed by atoms with E-state index in [1.165, 1.54) is 0 Å². The standard InChI is InChI=1S/C10H16N2O2S/c1-2-12-15(13,14)8-10-5-3-4-9(6-10)7-11/h3-6,12H,2,7-8,11H2,1H3. The Morgan fingerprint density at radius 1 is 1.33 bits per heavy atom. The van der Waals surface area contributed by atoms with Crippen LogP contribution in [0.2, 0.25) is 0 Å². The van der Waals surface area contributed by atoms with Gasteiger partial charge in [0.2, 0.25) is 10.0 Å². The van der Waals surface area contributed by atoms with Gasteiger partial charge in [-0.05, 0) is 11.1 Å². The summed E-state index contributed by atoms with van der Waals surface area (Å²) >= 11 is 0. The molecule has 0 atom stereocenters. The van der Waals surface area contributed by atoms with Gasteiger partial charge in [0, 0.05) is 13.1 Å². The first kappa shape index (κ1) is 12.2. The van der Waals surface area contributed by atoms with Gasteiger partial charge < -0.3 is 5.73 Å². The van der Waals surface area contributed by atoms with Crippen molar-refractivity contribution in [1.29, 1.82) is 0 Å². The van der Waals surface area contributed by atoms with Gasteiger partial charge in [0.1, 0.15) is 0 Å². The van der Waals surface area contributed by atoms with Gasteiger partial charge in [0.15, 0.2) is 0 Å². The molecular formula is C10H16N2O2S. The van der Waals surface area contributed by atoms with E-state index in [9.17, 15) is 8.42 Å². The Morgan fingerprint density at radius 2 is 2.00 bits per heavy atom. The molecule has 0 unspecified atom stereocenters. The third kappa shape index (κ3) is 3.99. The summed E-state index contributed by atoms with van der Waals surface area (Å²) in [5.74, 6) is 0.00861. The van der Waals surface area contributed by atoms with Crippen LogP contribution in [0.5, 0.6) is 0 Å². The molecule has 0 saturated heterocycles. The zero-order valence-electron chi connectivity index (χ0n) is 8.73. The summed E-state index contributed by atoms with van der Waals surface area (Å²) in [6, 6.07) is 7.30. The first-order chi connectivity index (χ1) is 7.07. The molecule has 5 heteroatoms. The van der Waals surface area contributed by atoms with Gasteiger partial charge >= 0.3 is 0 Å². The molecule has 3 N–H and O–H groups in total. The zero-order valence-corrected chi connectivity index (χ0v) is 9.55. The maximum atomic E-state index is 11.5. The van der Waals surface area contributed by atoms with Crippen LogP contribution in [0, 0.1) is 0 Å². The van der Waals surface area contributed by atoms with Crippen LogP contribution in [0.1, 0.15) is 18.1 Å². The van der Waals surface area contributed by atoms with E-state index in [1.54, 1.807) is 13.0 Å². The van der Waals surface area contributed by atoms with Gasteiger partial charge in [-0.15, -0.1) is 0 Å². The van der Waals surface area contributed by atoms with Crippen LogP contribution in [-0.2, 0) is 22.3 Å². The SMILES string of the molecule is CCNS(=O)(=O)Cc1cccc(CN)c1. The van der Waals surface area contributed by atoms with E-state index in [4.69, 9.17) is 5.73 Å². The summed E-state index contributed by atoms with van der Waals surface area (Å²) < 4.78 is 25.4. The second-order valence-electron chi connectivity index (χ2n) is 3.28. The maximum Gasteiger partial charge on any atom is 0.215 e. The lowest BCUT2D eigenvalue weighted by molar-refractivity contribution is 0.583. The minimum absolute atomic E-state index is 0.00861. The second kappa shape index (κ2) is 5.25. The number of hydrogen-bond donors (Lipinski definition) is 2. The van der Waals surface area contributed by atoms with Crippen molar-refractivity contribution in [3.8, 4) is 0 Å². The fourth-order valence-electron chi connectivity index (χ4n) is 1.34. The van der Waals surface area contributed by atoms with Crippen molar-refractivity contribution in [2.24, 2.45) is 5.73 Å². The molecule has 84 valence electrons. The van der Waals surface area contributed by atoms with Crippen molar-refractivity contribution >= 4 is 10.0 Å². The van der Waals surface area contributed by atoms with Crippen molar-refractivity contribution in [2.75, 3.05) is 6.54 Å². The summed E-state index contributed by atoms with van der Waals surface area (Å²) in [6.07, 6.45) is 0. The second-order valence-corrected chi connectivity index (χ2v) is 5.09. The van der Waals surface area contributed by atoms with Gasteiger partial charge in [-0.2, -0.15) is 0 Å². The highest BCUT2D eigenvalue weighted by molar-refractivity contribution is 7.88. The summed E-state index contributed by atoms with van der Waals surface area (Å²) in [5, 5.41) is 0. The molecule has 0 bridgehead atoms. The predicted octanol–water partition coefficient (Wildman–Crippen LogP) is 0.585. The highest BCUT2D eigenvalue weighted by Gasteiger charge is 2.09. The minimum Gasteiger partial charge on any atom is -0.326 e. The van der Waals surface area contributed by atoms with Crippen LogP contribution >= 0.6 is 0 Å². The zero-order chi connectivity index (χ0) is 11.3. The van der Waals surface area contributed by atoms with E-state index in [2.05, 4.69) is 4.72 Å². The Labute approximate surface area is 90.5 Å². The number of rotatable bonds is 5. The first-order valence-corrected chi connectivity index (χ1v) is 6.48. The molecule has 0 aromatic heterocycles. The Hall–Kier alpha value is -0.910. The number of sulfonamides is 1. The largest absolute Gasteiger partial charge is 0.326 e. The molecule has 0 spiro atoms. The molecule has 0 amide bonds. The summed E-state index contributed by atoms with van der Waals surface area (Å²) in [5.41, 5.74) is 7.18. The van der Waals surface area contributed by atoms with Crippen LogP contribution in [0.25, 0.3) is 0 Å². The Balaban J connectivity index is 2.80. The molecular weight excluding hydrogens is 212 g/mol. The average molecular weight is 228 g/mol. The van der Waals surface area contributed by atoms with Gasteiger partial charge in [0.25, 0.3) is 0 Å². The normalized spacial score (nSPS) is 11.6. The van der Waals surface area contributed by atoms with E-state index >= 15 is 0 Å². The number of hydrogen-bond acceptors (Lipinski definition) is 3. The van der Waals surface area contributed by atoms with Crippen LogP contribution in [0.3, 0.4) is 0 Å². The quantitative estimate of drug-likeness (QED) is 0.774. The fourth-order valence-corrected chi connectivity index (χ4v) is 2.50. The lowest BCUT2D eigenvalue weighted by Gasteiger charge is -2.05. The maximum absolute atomic E-state index is 11.5. The van der Waals surface area contributed by atoms with Crippen LogP contribution < -0.4 is 10.5 Å². The molecule has 15 heavy (non-hydrogen) atoms. The van der Waals surface area contributed by atoms with Gasteiger partial charge in [-0.1, -0.05) is 31.2 Å². The summed E-state index contributed by atoms with van der Waals surface area (Å²) in [7, 11) is -3.20. The van der Waals surface area contributed by atoms with Crippen LogP contribution in [0.4, 0.5) is 0 Å². The molecule has 0 aliphatic heterocycles. The predicted molar refractivity (Wildman–Crippen MR) is 60.6 cm³/mol. The topological polar surface area (TPSA) is 72.2 Å². The molecule has 4 nitrogen and oxygen atoms in total. The Morgan fingerprint density at radius 3 is 2.60 bits per heavy atom. The highest BCUT2D eigenvalue weighted by atomic mass is 32.2. The van der Waals surface area contributed by atoms with E-state index in [1.807, 2.05) is 18.2 Å². The van der Waals surface area contributed by atoms with Gasteiger partial charge in [-0.25, -0.2) is 13.1 Å². The molecule has 1 aromatic carbocycles. The molecule has 0 heterocycles. The third-order valence-corrected chi connectivity index (χ3v) is 3.39. The monoisotopic (exact) mass is 228 g/mol. The lowest BCUT2D eigenvalue weighted by atomic mass is 10.1. The van der Waals surface area contributed by atoms with Gasteiger partial charge in [0.05, 0.1) is 5.75 Å². The smallest absolute Gasteiger partial charge is 0.215 e. The molecule has 1 aromatic rings. The number of benzene rings is 1. The van der Waals surface area contributed by atoms with Crippen molar-refractivity contribution in [2.45, 2.75) is 19.2 Å². The van der Waals surface area contributed by atoms with Crippen molar-refractivity contribution in [3.05, 3.63) is 35.4 Å². The average Bonchev–Trinajstić information content (AvgIpc) is 2.17. The van der Waals surface area contributed by atoms with E-state index in [0.29, 0.717) is 13.1 Å². The van der Waals surface area contributed by atoms with Crippen LogP contribution in [0.15, 0.2) is 24.3 Å². The molecule has 0 fully saturated rings. The molecule has 0 aliphatic rings. The molecule has 0 radical (unpaired) electrons. The fraction of sp³-hybridized carbons (Fsp3) is 0.400. The summed E-state index contributed by atoms with van der Waals surface area (Å²) in [6.45, 7) is 2.60. The Kier molecular flexibility index (Phi) is 4.26. The van der Waals surface area contributed by atoms with E-state index in [0.717, 1.165) is 11.1 Å². The lowest BCUT2D eigenvalue weighted by Crippen LogP contribution is -2.24. The van der Waals surface area contributed by atoms with E-state index < -0.39 is 10.0 Å². The Bertz CT molecular complexity index is 415. The molecule has 0 saturated carbocycles. The number of nitrogens with one attached hydrogen (secondary N) is 1.